The van der Waals surface area contributed by atoms with Crippen LogP contribution in [0.2, 0.25) is 0 Å². The largest absolute Gasteiger partial charge is 0.312 e. The third-order valence-electron chi connectivity index (χ3n) is 3.55. The van der Waals surface area contributed by atoms with Crippen LogP contribution in [0.5, 0.6) is 0 Å². The first kappa shape index (κ1) is 14.7. The molecule has 0 spiro atoms. The number of rotatable bonds is 7. The fourth-order valence-corrected chi connectivity index (χ4v) is 2.33. The third kappa shape index (κ3) is 4.81. The van der Waals surface area contributed by atoms with Crippen molar-refractivity contribution in [1.82, 2.24) is 10.2 Å². The summed E-state index contributed by atoms with van der Waals surface area (Å²) in [5.74, 6) is 0.667. The van der Waals surface area contributed by atoms with E-state index in [1.807, 2.05) is 6.08 Å². The van der Waals surface area contributed by atoms with Crippen LogP contribution in [-0.4, -0.2) is 35.6 Å². The van der Waals surface area contributed by atoms with Crippen LogP contribution in [0.4, 0.5) is 0 Å². The minimum absolute atomic E-state index is 0.203. The van der Waals surface area contributed by atoms with Gasteiger partial charge in [0.15, 0.2) is 0 Å². The zero-order valence-electron chi connectivity index (χ0n) is 12.3. The Kier molecular flexibility index (Phi) is 5.21. The normalized spacial score (nSPS) is 18.8. The van der Waals surface area contributed by atoms with Gasteiger partial charge in [0.2, 0.25) is 0 Å². The molecule has 0 heterocycles. The van der Waals surface area contributed by atoms with Crippen molar-refractivity contribution in [2.45, 2.75) is 65.1 Å². The summed E-state index contributed by atoms with van der Waals surface area (Å²) in [6.07, 6.45) is 4.75. The van der Waals surface area contributed by atoms with E-state index in [9.17, 15) is 0 Å². The first-order chi connectivity index (χ1) is 7.86. The van der Waals surface area contributed by atoms with Crippen molar-refractivity contribution in [3.8, 4) is 0 Å². The first-order valence-corrected chi connectivity index (χ1v) is 6.97. The lowest BCUT2D eigenvalue weighted by atomic mass is 9.95. The molecule has 17 heavy (non-hydrogen) atoms. The average Bonchev–Trinajstić information content (AvgIpc) is 2.98. The molecule has 1 fully saturated rings. The Bertz CT molecular complexity index is 236. The lowest BCUT2D eigenvalue weighted by molar-refractivity contribution is 0.0692. The molecule has 1 unspecified atom stereocenters. The molecule has 0 aromatic carbocycles. The zero-order valence-corrected chi connectivity index (χ0v) is 12.3. The van der Waals surface area contributed by atoms with E-state index in [4.69, 9.17) is 0 Å². The van der Waals surface area contributed by atoms with Gasteiger partial charge in [-0.05, 0) is 39.5 Å². The van der Waals surface area contributed by atoms with Gasteiger partial charge in [-0.15, -0.1) is 6.58 Å². The number of nitrogens with one attached hydrogen (secondary N) is 1. The van der Waals surface area contributed by atoms with Crippen molar-refractivity contribution in [2.75, 3.05) is 13.1 Å². The van der Waals surface area contributed by atoms with E-state index < -0.39 is 0 Å². The quantitative estimate of drug-likeness (QED) is 0.686. The SMILES string of the molecule is C=CCN(C(CNC1CC1)C(C)C)C(C)(C)C. The Balaban J connectivity index is 2.64. The summed E-state index contributed by atoms with van der Waals surface area (Å²) in [4.78, 5) is 2.57. The smallest absolute Gasteiger partial charge is 0.0252 e. The van der Waals surface area contributed by atoms with Crippen molar-refractivity contribution in [3.63, 3.8) is 0 Å². The van der Waals surface area contributed by atoms with Crippen LogP contribution >= 0.6 is 0 Å². The molecule has 1 saturated carbocycles. The summed E-state index contributed by atoms with van der Waals surface area (Å²) < 4.78 is 0. The summed E-state index contributed by atoms with van der Waals surface area (Å²) in [5, 5.41) is 3.67. The Morgan fingerprint density at radius 1 is 1.35 bits per heavy atom. The molecule has 2 heteroatoms. The lowest BCUT2D eigenvalue weighted by Gasteiger charge is -2.43. The predicted molar refractivity (Wildman–Crippen MR) is 76.3 cm³/mol. The molecule has 0 radical (unpaired) electrons. The van der Waals surface area contributed by atoms with Gasteiger partial charge in [0.05, 0.1) is 0 Å². The molecular formula is C15H30N2. The van der Waals surface area contributed by atoms with Gasteiger partial charge in [-0.2, -0.15) is 0 Å². The molecule has 1 aliphatic rings. The summed E-state index contributed by atoms with van der Waals surface area (Å²) >= 11 is 0. The van der Waals surface area contributed by atoms with Crippen LogP contribution in [0, 0.1) is 5.92 Å². The van der Waals surface area contributed by atoms with Gasteiger partial charge in [0, 0.05) is 30.7 Å². The first-order valence-electron chi connectivity index (χ1n) is 6.97. The maximum atomic E-state index is 3.90. The second-order valence-electron chi connectivity index (χ2n) is 6.61. The van der Waals surface area contributed by atoms with Gasteiger partial charge < -0.3 is 5.32 Å². The number of hydrogen-bond donors (Lipinski definition) is 1. The second kappa shape index (κ2) is 6.01. The van der Waals surface area contributed by atoms with Gasteiger partial charge in [-0.25, -0.2) is 0 Å². The van der Waals surface area contributed by atoms with Crippen LogP contribution in [0.3, 0.4) is 0 Å². The van der Waals surface area contributed by atoms with Gasteiger partial charge in [-0.3, -0.25) is 4.90 Å². The van der Waals surface area contributed by atoms with E-state index in [2.05, 4.69) is 51.4 Å². The maximum absolute atomic E-state index is 3.90. The topological polar surface area (TPSA) is 15.3 Å². The molecule has 0 aromatic rings. The van der Waals surface area contributed by atoms with Crippen molar-refractivity contribution in [1.29, 1.82) is 0 Å². The molecular weight excluding hydrogens is 208 g/mol. The Hall–Kier alpha value is -0.340. The van der Waals surface area contributed by atoms with E-state index in [-0.39, 0.29) is 5.54 Å². The van der Waals surface area contributed by atoms with Crippen LogP contribution in [0.15, 0.2) is 12.7 Å². The van der Waals surface area contributed by atoms with Gasteiger partial charge in [0.1, 0.15) is 0 Å². The van der Waals surface area contributed by atoms with Crippen LogP contribution in [0.1, 0.15) is 47.5 Å². The zero-order chi connectivity index (χ0) is 13.1. The molecule has 0 bridgehead atoms. The second-order valence-corrected chi connectivity index (χ2v) is 6.61. The molecule has 2 nitrogen and oxygen atoms in total. The van der Waals surface area contributed by atoms with Crippen LogP contribution in [0.25, 0.3) is 0 Å². The van der Waals surface area contributed by atoms with Gasteiger partial charge in [0.25, 0.3) is 0 Å². The lowest BCUT2D eigenvalue weighted by Crippen LogP contribution is -2.54. The van der Waals surface area contributed by atoms with Crippen LogP contribution < -0.4 is 5.32 Å². The minimum atomic E-state index is 0.203. The maximum Gasteiger partial charge on any atom is 0.0252 e. The summed E-state index contributed by atoms with van der Waals surface area (Å²) in [6, 6.07) is 1.38. The Morgan fingerprint density at radius 3 is 2.29 bits per heavy atom. The molecule has 0 aromatic heterocycles. The monoisotopic (exact) mass is 238 g/mol. The van der Waals surface area contributed by atoms with E-state index in [0.29, 0.717) is 12.0 Å². The highest BCUT2D eigenvalue weighted by Crippen LogP contribution is 2.23. The molecule has 1 aliphatic carbocycles. The van der Waals surface area contributed by atoms with Crippen LogP contribution in [-0.2, 0) is 0 Å². The fourth-order valence-electron chi connectivity index (χ4n) is 2.33. The molecule has 0 saturated heterocycles. The fraction of sp³-hybridized carbons (Fsp3) is 0.867. The average molecular weight is 238 g/mol. The van der Waals surface area contributed by atoms with E-state index in [1.165, 1.54) is 12.8 Å². The molecule has 100 valence electrons. The van der Waals surface area contributed by atoms with Crippen molar-refractivity contribution in [3.05, 3.63) is 12.7 Å². The summed E-state index contributed by atoms with van der Waals surface area (Å²) in [6.45, 7) is 17.5. The van der Waals surface area contributed by atoms with E-state index in [0.717, 1.165) is 19.1 Å². The number of nitrogens with zero attached hydrogens (tertiary/aromatic N) is 1. The molecule has 0 aliphatic heterocycles. The third-order valence-corrected chi connectivity index (χ3v) is 3.55. The predicted octanol–water partition coefficient (Wildman–Crippen LogP) is 3.05. The van der Waals surface area contributed by atoms with Crippen molar-refractivity contribution < 1.29 is 0 Å². The molecule has 0 amide bonds. The van der Waals surface area contributed by atoms with Gasteiger partial charge >= 0.3 is 0 Å². The standard InChI is InChI=1S/C15H30N2/c1-7-10-17(15(4,5)6)14(12(2)3)11-16-13-8-9-13/h7,12-14,16H,1,8-11H2,2-6H3. The Morgan fingerprint density at radius 2 is 1.94 bits per heavy atom. The van der Waals surface area contributed by atoms with E-state index in [1.54, 1.807) is 0 Å². The molecule has 1 N–H and O–H groups in total. The molecule has 1 rings (SSSR count). The highest BCUT2D eigenvalue weighted by Gasteiger charge is 2.31. The van der Waals surface area contributed by atoms with Gasteiger partial charge in [-0.1, -0.05) is 19.9 Å². The molecule has 1 atom stereocenters. The number of hydrogen-bond acceptors (Lipinski definition) is 2. The van der Waals surface area contributed by atoms with E-state index >= 15 is 0 Å². The summed E-state index contributed by atoms with van der Waals surface area (Å²) in [7, 11) is 0. The highest BCUT2D eigenvalue weighted by atomic mass is 15.2. The summed E-state index contributed by atoms with van der Waals surface area (Å²) in [5.41, 5.74) is 0.203. The minimum Gasteiger partial charge on any atom is -0.312 e. The highest BCUT2D eigenvalue weighted by molar-refractivity contribution is 4.92. The Labute approximate surface area is 107 Å². The van der Waals surface area contributed by atoms with Crippen molar-refractivity contribution in [2.24, 2.45) is 5.92 Å². The van der Waals surface area contributed by atoms with Crippen molar-refractivity contribution >= 4 is 0 Å².